The molecule has 2 aromatic carbocycles. The lowest BCUT2D eigenvalue weighted by molar-refractivity contribution is 0.0136. The Hall–Kier alpha value is -2.31. The maximum Gasteiger partial charge on any atom is 0.407 e. The number of phenolic OH excluding ortho intramolecular Hbond substituents is 1. The van der Waals surface area contributed by atoms with Crippen LogP contribution >= 0.6 is 0 Å². The number of rotatable bonds is 4. The van der Waals surface area contributed by atoms with Crippen molar-refractivity contribution in [3.63, 3.8) is 0 Å². The zero-order valence-electron chi connectivity index (χ0n) is 14.0. The van der Waals surface area contributed by atoms with Gasteiger partial charge < -0.3 is 25.4 Å². The summed E-state index contributed by atoms with van der Waals surface area (Å²) in [7, 11) is 0. The minimum Gasteiger partial charge on any atom is -0.507 e. The highest BCUT2D eigenvalue weighted by atomic mass is 16.6. The topological polar surface area (TPSA) is 99.0 Å². The summed E-state index contributed by atoms with van der Waals surface area (Å²) in [5.74, 6) is 0.0999. The van der Waals surface area contributed by atoms with Gasteiger partial charge in [-0.05, 0) is 37.8 Å². The molecule has 0 aliphatic heterocycles. The van der Waals surface area contributed by atoms with Crippen molar-refractivity contribution in [3.05, 3.63) is 42.0 Å². The lowest BCUT2D eigenvalue weighted by Gasteiger charge is -2.23. The molecule has 0 saturated carbocycles. The second kappa shape index (κ2) is 7.07. The summed E-state index contributed by atoms with van der Waals surface area (Å²) in [6, 6.07) is 10.1. The van der Waals surface area contributed by atoms with E-state index in [1.165, 1.54) is 6.07 Å². The van der Waals surface area contributed by atoms with Gasteiger partial charge in [-0.2, -0.15) is 0 Å². The first kappa shape index (κ1) is 18.0. The second-order valence-corrected chi connectivity index (χ2v) is 6.61. The number of fused-ring (bicyclic) bond motifs is 1. The van der Waals surface area contributed by atoms with E-state index < -0.39 is 23.9 Å². The highest BCUT2D eigenvalue weighted by Crippen LogP contribution is 2.31. The van der Waals surface area contributed by atoms with E-state index in [2.05, 4.69) is 5.32 Å². The van der Waals surface area contributed by atoms with E-state index in [-0.39, 0.29) is 12.3 Å². The number of aliphatic hydroxyl groups excluding tert-OH is 2. The molecule has 6 heteroatoms. The first-order valence-corrected chi connectivity index (χ1v) is 7.72. The molecule has 0 aliphatic carbocycles. The maximum absolute atomic E-state index is 11.6. The largest absolute Gasteiger partial charge is 0.507 e. The number of carbonyl (C=O) groups is 1. The van der Waals surface area contributed by atoms with Crippen molar-refractivity contribution in [2.45, 2.75) is 38.6 Å². The third-order valence-electron chi connectivity index (χ3n) is 3.47. The van der Waals surface area contributed by atoms with Crippen LogP contribution in [0.3, 0.4) is 0 Å². The maximum atomic E-state index is 11.6. The molecular formula is C18H23NO5. The van der Waals surface area contributed by atoms with Crippen LogP contribution in [0, 0.1) is 0 Å². The number of benzene rings is 2. The average molecular weight is 333 g/mol. The average Bonchev–Trinajstić information content (AvgIpc) is 2.51. The Morgan fingerprint density at radius 2 is 1.75 bits per heavy atom. The van der Waals surface area contributed by atoms with Crippen molar-refractivity contribution in [3.8, 4) is 5.75 Å². The number of alkyl carbamates (subject to hydrolysis) is 1. The molecule has 0 heterocycles. The SMILES string of the molecule is CC(C)(C)OC(=O)NCC(O)C(O)c1ccc(O)c2ccccc12. The summed E-state index contributed by atoms with van der Waals surface area (Å²) in [5.41, 5.74) is -0.164. The number of ether oxygens (including phenoxy) is 1. The van der Waals surface area contributed by atoms with Crippen LogP contribution in [0.2, 0.25) is 0 Å². The molecule has 4 N–H and O–H groups in total. The van der Waals surface area contributed by atoms with E-state index in [9.17, 15) is 20.1 Å². The monoisotopic (exact) mass is 333 g/mol. The van der Waals surface area contributed by atoms with E-state index >= 15 is 0 Å². The lowest BCUT2D eigenvalue weighted by atomic mass is 9.97. The Morgan fingerprint density at radius 3 is 2.38 bits per heavy atom. The van der Waals surface area contributed by atoms with Crippen molar-refractivity contribution in [2.75, 3.05) is 6.54 Å². The summed E-state index contributed by atoms with van der Waals surface area (Å²) < 4.78 is 5.08. The molecular weight excluding hydrogens is 310 g/mol. The number of carbonyl (C=O) groups excluding carboxylic acids is 1. The van der Waals surface area contributed by atoms with E-state index in [1.54, 1.807) is 51.1 Å². The highest BCUT2D eigenvalue weighted by molar-refractivity contribution is 5.91. The summed E-state index contributed by atoms with van der Waals surface area (Å²) in [6.07, 6.45) is -3.10. The Morgan fingerprint density at radius 1 is 1.12 bits per heavy atom. The Labute approximate surface area is 140 Å². The molecule has 0 fully saturated rings. The highest BCUT2D eigenvalue weighted by Gasteiger charge is 2.23. The van der Waals surface area contributed by atoms with Gasteiger partial charge in [-0.15, -0.1) is 0 Å². The molecule has 130 valence electrons. The van der Waals surface area contributed by atoms with Crippen LogP contribution in [0.5, 0.6) is 5.75 Å². The first-order valence-electron chi connectivity index (χ1n) is 7.72. The van der Waals surface area contributed by atoms with Gasteiger partial charge in [-0.3, -0.25) is 0 Å². The fourth-order valence-electron chi connectivity index (χ4n) is 2.39. The van der Waals surface area contributed by atoms with Gasteiger partial charge >= 0.3 is 6.09 Å². The summed E-state index contributed by atoms with van der Waals surface area (Å²) in [6.45, 7) is 5.05. The molecule has 0 spiro atoms. The molecule has 2 aromatic rings. The van der Waals surface area contributed by atoms with Crippen LogP contribution in [0.25, 0.3) is 10.8 Å². The molecule has 0 saturated heterocycles. The molecule has 2 atom stereocenters. The van der Waals surface area contributed by atoms with Crippen molar-refractivity contribution < 1.29 is 24.9 Å². The zero-order chi connectivity index (χ0) is 17.9. The van der Waals surface area contributed by atoms with Crippen molar-refractivity contribution in [1.82, 2.24) is 5.32 Å². The van der Waals surface area contributed by atoms with E-state index in [0.717, 1.165) is 0 Å². The molecule has 2 rings (SSSR count). The van der Waals surface area contributed by atoms with Crippen molar-refractivity contribution >= 4 is 16.9 Å². The Balaban J connectivity index is 2.10. The first-order chi connectivity index (χ1) is 11.2. The van der Waals surface area contributed by atoms with E-state index in [4.69, 9.17) is 4.74 Å². The fourth-order valence-corrected chi connectivity index (χ4v) is 2.39. The number of phenols is 1. The number of aliphatic hydroxyl groups is 2. The fraction of sp³-hybridized carbons (Fsp3) is 0.389. The van der Waals surface area contributed by atoms with Crippen LogP contribution in [-0.4, -0.2) is 39.7 Å². The quantitative estimate of drug-likeness (QED) is 0.689. The third-order valence-corrected chi connectivity index (χ3v) is 3.47. The molecule has 1 amide bonds. The van der Waals surface area contributed by atoms with Gasteiger partial charge in [0.2, 0.25) is 0 Å². The molecule has 0 aliphatic rings. The molecule has 0 bridgehead atoms. The molecule has 2 unspecified atom stereocenters. The molecule has 0 radical (unpaired) electrons. The molecule has 0 aromatic heterocycles. The van der Waals surface area contributed by atoms with Gasteiger partial charge in [0.1, 0.15) is 23.6 Å². The van der Waals surface area contributed by atoms with Crippen molar-refractivity contribution in [2.24, 2.45) is 0 Å². The predicted molar refractivity (Wildman–Crippen MR) is 90.8 cm³/mol. The van der Waals surface area contributed by atoms with Crippen molar-refractivity contribution in [1.29, 1.82) is 0 Å². The summed E-state index contributed by atoms with van der Waals surface area (Å²) >= 11 is 0. The number of nitrogens with one attached hydrogen (secondary N) is 1. The minimum absolute atomic E-state index is 0.0999. The third kappa shape index (κ3) is 4.37. The summed E-state index contributed by atoms with van der Waals surface area (Å²) in [5, 5.41) is 34.1. The van der Waals surface area contributed by atoms with Gasteiger partial charge in [0.05, 0.1) is 0 Å². The minimum atomic E-state index is -1.22. The number of hydrogen-bond acceptors (Lipinski definition) is 5. The van der Waals surface area contributed by atoms with Crippen LogP contribution in [0.1, 0.15) is 32.4 Å². The van der Waals surface area contributed by atoms with Gasteiger partial charge in [-0.25, -0.2) is 4.79 Å². The zero-order valence-corrected chi connectivity index (χ0v) is 14.0. The number of aromatic hydroxyl groups is 1. The lowest BCUT2D eigenvalue weighted by Crippen LogP contribution is -2.38. The molecule has 6 nitrogen and oxygen atoms in total. The molecule has 24 heavy (non-hydrogen) atoms. The van der Waals surface area contributed by atoms with Crippen LogP contribution in [0.15, 0.2) is 36.4 Å². The predicted octanol–water partition coefficient (Wildman–Crippen LogP) is 2.46. The van der Waals surface area contributed by atoms with Crippen LogP contribution in [0.4, 0.5) is 4.79 Å². The summed E-state index contributed by atoms with van der Waals surface area (Å²) in [4.78, 5) is 11.6. The van der Waals surface area contributed by atoms with E-state index in [1.807, 2.05) is 0 Å². The number of amides is 1. The smallest absolute Gasteiger partial charge is 0.407 e. The van der Waals surface area contributed by atoms with Gasteiger partial charge in [0, 0.05) is 11.9 Å². The van der Waals surface area contributed by atoms with Crippen LogP contribution < -0.4 is 5.32 Å². The second-order valence-electron chi connectivity index (χ2n) is 6.61. The Kier molecular flexibility index (Phi) is 5.31. The Bertz CT molecular complexity index is 723. The van der Waals surface area contributed by atoms with E-state index in [0.29, 0.717) is 16.3 Å². The normalized spacial score (nSPS) is 14.2. The standard InChI is InChI=1S/C18H23NO5/c1-18(2,3)24-17(23)19-10-15(21)16(22)13-8-9-14(20)12-7-5-4-6-11(12)13/h4-9,15-16,20-22H,10H2,1-3H3,(H,19,23). The van der Waals surface area contributed by atoms with Gasteiger partial charge in [0.25, 0.3) is 0 Å². The number of hydrogen-bond donors (Lipinski definition) is 4. The van der Waals surface area contributed by atoms with Gasteiger partial charge in [-0.1, -0.05) is 30.3 Å². The van der Waals surface area contributed by atoms with Gasteiger partial charge in [0.15, 0.2) is 0 Å². The van der Waals surface area contributed by atoms with Crippen LogP contribution in [-0.2, 0) is 4.74 Å².